The zero-order valence-electron chi connectivity index (χ0n) is 14.4. The molecule has 0 fully saturated rings. The first-order valence-electron chi connectivity index (χ1n) is 7.59. The van der Waals surface area contributed by atoms with Crippen LogP contribution in [0.5, 0.6) is 11.5 Å². The van der Waals surface area contributed by atoms with E-state index in [4.69, 9.17) is 9.47 Å². The summed E-state index contributed by atoms with van der Waals surface area (Å²) in [4.78, 5) is 0. The second kappa shape index (κ2) is 7.68. The van der Waals surface area contributed by atoms with Gasteiger partial charge in [-0.1, -0.05) is 35.9 Å². The number of ether oxygens (including phenoxy) is 2. The Morgan fingerprint density at radius 3 is 2.42 bits per heavy atom. The maximum Gasteiger partial charge on any atom is 0.216 e. The smallest absolute Gasteiger partial charge is 0.216 e. The molecule has 6 heteroatoms. The van der Waals surface area contributed by atoms with Crippen molar-refractivity contribution in [2.45, 2.75) is 26.1 Å². The second-order valence-corrected chi connectivity index (χ2v) is 7.46. The largest absolute Gasteiger partial charge is 0.496 e. The standard InChI is InChI=1S/C18H23NO4S/c1-13-6-5-7-15(10-13)12-24(20,21)19-11-16-8-9-17(22-3)14(2)18(16)23-4/h5-10,19H,11-12H2,1-4H3. The lowest BCUT2D eigenvalue weighted by Crippen LogP contribution is -2.25. The minimum Gasteiger partial charge on any atom is -0.496 e. The fourth-order valence-electron chi connectivity index (χ4n) is 2.63. The monoisotopic (exact) mass is 349 g/mol. The lowest BCUT2D eigenvalue weighted by molar-refractivity contribution is 0.385. The van der Waals surface area contributed by atoms with E-state index in [0.717, 1.165) is 22.3 Å². The van der Waals surface area contributed by atoms with Gasteiger partial charge in [-0.25, -0.2) is 13.1 Å². The molecule has 0 aliphatic rings. The van der Waals surface area contributed by atoms with Crippen molar-refractivity contribution in [3.63, 3.8) is 0 Å². The number of nitrogens with one attached hydrogen (secondary N) is 1. The van der Waals surface area contributed by atoms with Gasteiger partial charge in [-0.2, -0.15) is 0 Å². The Balaban J connectivity index is 2.13. The third kappa shape index (κ3) is 4.49. The van der Waals surface area contributed by atoms with Gasteiger partial charge in [0.1, 0.15) is 11.5 Å². The molecule has 0 bridgehead atoms. The van der Waals surface area contributed by atoms with Crippen LogP contribution < -0.4 is 14.2 Å². The van der Waals surface area contributed by atoms with E-state index < -0.39 is 10.0 Å². The molecule has 5 nitrogen and oxygen atoms in total. The highest BCUT2D eigenvalue weighted by molar-refractivity contribution is 7.88. The van der Waals surface area contributed by atoms with E-state index in [1.807, 2.05) is 44.2 Å². The number of hydrogen-bond acceptors (Lipinski definition) is 4. The molecule has 2 aromatic rings. The highest BCUT2D eigenvalue weighted by Gasteiger charge is 2.15. The SMILES string of the molecule is COc1ccc(CNS(=O)(=O)Cc2cccc(C)c2)c(OC)c1C. The number of aryl methyl sites for hydroxylation is 1. The van der Waals surface area contributed by atoms with E-state index in [9.17, 15) is 8.42 Å². The van der Waals surface area contributed by atoms with Crippen molar-refractivity contribution >= 4 is 10.0 Å². The molecule has 0 saturated heterocycles. The summed E-state index contributed by atoms with van der Waals surface area (Å²) in [6, 6.07) is 11.1. The fraction of sp³-hybridized carbons (Fsp3) is 0.333. The van der Waals surface area contributed by atoms with Gasteiger partial charge in [0.2, 0.25) is 10.0 Å². The molecule has 0 aliphatic carbocycles. The van der Waals surface area contributed by atoms with Crippen molar-refractivity contribution in [2.24, 2.45) is 0 Å². The van der Waals surface area contributed by atoms with Gasteiger partial charge in [0.15, 0.2) is 0 Å². The Kier molecular flexibility index (Phi) is 5.85. The molecule has 0 spiro atoms. The zero-order chi connectivity index (χ0) is 17.7. The predicted molar refractivity (Wildman–Crippen MR) is 94.9 cm³/mol. The van der Waals surface area contributed by atoms with Gasteiger partial charge < -0.3 is 9.47 Å². The first kappa shape index (κ1) is 18.3. The van der Waals surface area contributed by atoms with E-state index >= 15 is 0 Å². The number of benzene rings is 2. The van der Waals surface area contributed by atoms with E-state index in [-0.39, 0.29) is 12.3 Å². The topological polar surface area (TPSA) is 64.6 Å². The lowest BCUT2D eigenvalue weighted by Gasteiger charge is -2.15. The molecule has 0 unspecified atom stereocenters. The van der Waals surface area contributed by atoms with E-state index in [0.29, 0.717) is 11.5 Å². The Morgan fingerprint density at radius 1 is 1.04 bits per heavy atom. The fourth-order valence-corrected chi connectivity index (χ4v) is 3.73. The summed E-state index contributed by atoms with van der Waals surface area (Å²) in [5, 5.41) is 0. The summed E-state index contributed by atoms with van der Waals surface area (Å²) >= 11 is 0. The normalized spacial score (nSPS) is 11.3. The van der Waals surface area contributed by atoms with Gasteiger partial charge in [-0.15, -0.1) is 0 Å². The van der Waals surface area contributed by atoms with Crippen LogP contribution in [0.15, 0.2) is 36.4 Å². The molecule has 2 aromatic carbocycles. The maximum absolute atomic E-state index is 12.3. The van der Waals surface area contributed by atoms with Crippen molar-refractivity contribution in [3.05, 3.63) is 58.7 Å². The van der Waals surface area contributed by atoms with E-state index in [1.54, 1.807) is 20.3 Å². The van der Waals surface area contributed by atoms with Crippen molar-refractivity contribution in [2.75, 3.05) is 14.2 Å². The Hall–Kier alpha value is -2.05. The first-order valence-corrected chi connectivity index (χ1v) is 9.25. The molecule has 0 amide bonds. The van der Waals surface area contributed by atoms with Crippen LogP contribution in [0, 0.1) is 13.8 Å². The molecule has 130 valence electrons. The molecule has 0 heterocycles. The van der Waals surface area contributed by atoms with Crippen molar-refractivity contribution in [3.8, 4) is 11.5 Å². The van der Waals surface area contributed by atoms with Gasteiger partial charge in [-0.3, -0.25) is 0 Å². The Labute approximate surface area is 143 Å². The molecule has 0 radical (unpaired) electrons. The molecule has 0 atom stereocenters. The van der Waals surface area contributed by atoms with E-state index in [1.165, 1.54) is 0 Å². The average Bonchev–Trinajstić information content (AvgIpc) is 2.52. The van der Waals surface area contributed by atoms with Gasteiger partial charge in [0.05, 0.1) is 20.0 Å². The van der Waals surface area contributed by atoms with Crippen LogP contribution in [0.25, 0.3) is 0 Å². The highest BCUT2D eigenvalue weighted by atomic mass is 32.2. The van der Waals surface area contributed by atoms with Crippen molar-refractivity contribution in [1.82, 2.24) is 4.72 Å². The van der Waals surface area contributed by atoms with Crippen LogP contribution in [0.1, 0.15) is 22.3 Å². The minimum absolute atomic E-state index is 0.0495. The maximum atomic E-state index is 12.3. The summed E-state index contributed by atoms with van der Waals surface area (Å²) in [7, 11) is -0.289. The molecule has 2 rings (SSSR count). The second-order valence-electron chi connectivity index (χ2n) is 5.65. The van der Waals surface area contributed by atoms with Crippen LogP contribution in [-0.2, 0) is 22.3 Å². The Morgan fingerprint density at radius 2 is 1.79 bits per heavy atom. The van der Waals surface area contributed by atoms with Gasteiger partial charge in [-0.05, 0) is 25.5 Å². The number of methoxy groups -OCH3 is 2. The van der Waals surface area contributed by atoms with Crippen molar-refractivity contribution in [1.29, 1.82) is 0 Å². The van der Waals surface area contributed by atoms with Crippen LogP contribution in [0.4, 0.5) is 0 Å². The first-order chi connectivity index (χ1) is 11.4. The quantitative estimate of drug-likeness (QED) is 0.835. The predicted octanol–water partition coefficient (Wildman–Crippen LogP) is 2.94. The van der Waals surface area contributed by atoms with Crippen LogP contribution in [-0.4, -0.2) is 22.6 Å². The summed E-state index contributed by atoms with van der Waals surface area (Å²) in [5.74, 6) is 1.29. The molecular formula is C18H23NO4S. The zero-order valence-corrected chi connectivity index (χ0v) is 15.2. The summed E-state index contributed by atoms with van der Waals surface area (Å²) < 4.78 is 37.9. The van der Waals surface area contributed by atoms with Gasteiger partial charge in [0.25, 0.3) is 0 Å². The number of rotatable bonds is 7. The number of hydrogen-bond donors (Lipinski definition) is 1. The summed E-state index contributed by atoms with van der Waals surface area (Å²) in [6.07, 6.45) is 0. The minimum atomic E-state index is -3.44. The summed E-state index contributed by atoms with van der Waals surface area (Å²) in [6.45, 7) is 3.99. The molecule has 0 aromatic heterocycles. The van der Waals surface area contributed by atoms with Crippen LogP contribution in [0.2, 0.25) is 0 Å². The van der Waals surface area contributed by atoms with E-state index in [2.05, 4.69) is 4.72 Å². The van der Waals surface area contributed by atoms with Gasteiger partial charge >= 0.3 is 0 Å². The molecule has 0 saturated carbocycles. The molecule has 0 aliphatic heterocycles. The molecular weight excluding hydrogens is 326 g/mol. The molecule has 24 heavy (non-hydrogen) atoms. The average molecular weight is 349 g/mol. The highest BCUT2D eigenvalue weighted by Crippen LogP contribution is 2.31. The lowest BCUT2D eigenvalue weighted by atomic mass is 10.1. The van der Waals surface area contributed by atoms with Crippen LogP contribution >= 0.6 is 0 Å². The van der Waals surface area contributed by atoms with Crippen LogP contribution in [0.3, 0.4) is 0 Å². The summed E-state index contributed by atoms with van der Waals surface area (Å²) in [5.41, 5.74) is 3.41. The molecule has 1 N–H and O–H groups in total. The Bertz CT molecular complexity index is 816. The third-order valence-corrected chi connectivity index (χ3v) is 5.08. The third-order valence-electron chi connectivity index (χ3n) is 3.78. The van der Waals surface area contributed by atoms with Crippen molar-refractivity contribution < 1.29 is 17.9 Å². The number of sulfonamides is 1. The van der Waals surface area contributed by atoms with Gasteiger partial charge in [0, 0.05) is 17.7 Å².